The lowest BCUT2D eigenvalue weighted by molar-refractivity contribution is -0.140. The fourth-order valence-corrected chi connectivity index (χ4v) is 5.12. The highest BCUT2D eigenvalue weighted by molar-refractivity contribution is 7.99. The number of carbonyl (C=O) groups is 1. The molecule has 7 nitrogen and oxygen atoms in total. The molecule has 180 valence electrons. The first kappa shape index (κ1) is 23.7. The van der Waals surface area contributed by atoms with E-state index in [1.807, 2.05) is 0 Å². The molecule has 2 amide bonds. The lowest BCUT2D eigenvalue weighted by Gasteiger charge is -2.40. The maximum Gasteiger partial charge on any atom is 0.419 e. The van der Waals surface area contributed by atoms with Crippen LogP contribution in [0.3, 0.4) is 0 Å². The van der Waals surface area contributed by atoms with Gasteiger partial charge in [-0.25, -0.2) is 9.18 Å². The second kappa shape index (κ2) is 9.78. The predicted octanol–water partition coefficient (Wildman–Crippen LogP) is 4.37. The average molecular weight is 489 g/mol. The van der Waals surface area contributed by atoms with Crippen molar-refractivity contribution in [3.63, 3.8) is 0 Å². The van der Waals surface area contributed by atoms with Gasteiger partial charge in [-0.1, -0.05) is 6.07 Å². The van der Waals surface area contributed by atoms with E-state index in [4.69, 9.17) is 9.26 Å². The minimum Gasteiger partial charge on any atom is -0.462 e. The zero-order valence-corrected chi connectivity index (χ0v) is 18.8. The number of rotatable bonds is 4. The molecular formula is C21H24F4N4O3S. The summed E-state index contributed by atoms with van der Waals surface area (Å²) in [5.74, 6) is -0.118. The van der Waals surface area contributed by atoms with Crippen LogP contribution in [0.25, 0.3) is 0 Å². The molecule has 2 fully saturated rings. The van der Waals surface area contributed by atoms with Gasteiger partial charge in [0, 0.05) is 43.6 Å². The van der Waals surface area contributed by atoms with Crippen molar-refractivity contribution in [1.29, 1.82) is 0 Å². The van der Waals surface area contributed by atoms with Crippen LogP contribution in [0.1, 0.15) is 42.2 Å². The molecule has 0 radical (unpaired) electrons. The van der Waals surface area contributed by atoms with Gasteiger partial charge < -0.3 is 19.1 Å². The van der Waals surface area contributed by atoms with Gasteiger partial charge in [0.2, 0.25) is 5.89 Å². The Morgan fingerprint density at radius 2 is 1.94 bits per heavy atom. The van der Waals surface area contributed by atoms with Crippen LogP contribution in [0.5, 0.6) is 6.01 Å². The molecule has 2 aliphatic rings. The number of hydrogen-bond donors (Lipinski definition) is 0. The quantitative estimate of drug-likeness (QED) is 0.596. The van der Waals surface area contributed by atoms with Crippen LogP contribution in [0.2, 0.25) is 0 Å². The largest absolute Gasteiger partial charge is 0.462 e. The molecule has 1 aromatic carbocycles. The fraction of sp³-hybridized carbons (Fsp3) is 0.571. The second-order valence-electron chi connectivity index (χ2n) is 8.00. The topological polar surface area (TPSA) is 71.7 Å². The second-order valence-corrected chi connectivity index (χ2v) is 9.23. The number of hydrogen-bond acceptors (Lipinski definition) is 6. The van der Waals surface area contributed by atoms with Crippen LogP contribution in [-0.2, 0) is 6.18 Å². The van der Waals surface area contributed by atoms with Gasteiger partial charge in [-0.05, 0) is 36.2 Å². The van der Waals surface area contributed by atoms with E-state index in [2.05, 4.69) is 10.1 Å². The van der Waals surface area contributed by atoms with E-state index in [1.165, 1.54) is 6.07 Å². The van der Waals surface area contributed by atoms with Gasteiger partial charge in [-0.3, -0.25) is 0 Å². The third-order valence-corrected chi connectivity index (χ3v) is 6.76. The maximum atomic E-state index is 14.3. The Balaban J connectivity index is 1.61. The van der Waals surface area contributed by atoms with Gasteiger partial charge >= 0.3 is 18.2 Å². The molecule has 12 heteroatoms. The SMILES string of the molecule is CCOc1noc(C2CC(c3ccc(C(F)(F)F)c(F)c3)CN(C(=O)N3CCSCC3)C2)n1. The van der Waals surface area contributed by atoms with Crippen LogP contribution in [0, 0.1) is 5.82 Å². The minimum atomic E-state index is -4.77. The molecule has 0 spiro atoms. The fourth-order valence-electron chi connectivity index (χ4n) is 4.22. The summed E-state index contributed by atoms with van der Waals surface area (Å²) < 4.78 is 63.9. The summed E-state index contributed by atoms with van der Waals surface area (Å²) in [6, 6.07) is 2.87. The van der Waals surface area contributed by atoms with E-state index < -0.39 is 23.5 Å². The van der Waals surface area contributed by atoms with Crippen molar-refractivity contribution in [3.8, 4) is 6.01 Å². The summed E-state index contributed by atoms with van der Waals surface area (Å²) in [6.07, 6.45) is -4.36. The number of halogens is 4. The van der Waals surface area contributed by atoms with Crippen molar-refractivity contribution in [2.75, 3.05) is 44.3 Å². The Morgan fingerprint density at radius 3 is 2.61 bits per heavy atom. The van der Waals surface area contributed by atoms with Crippen molar-refractivity contribution in [1.82, 2.24) is 19.9 Å². The summed E-state index contributed by atoms with van der Waals surface area (Å²) in [6.45, 7) is 3.96. The number of piperidine rings is 1. The Labute approximate surface area is 192 Å². The standard InChI is InChI=1S/C21H24F4N4O3S/c1-2-31-19-26-18(32-27-19)15-9-14(13-3-4-16(17(22)10-13)21(23,24)25)11-29(12-15)20(30)28-5-7-33-8-6-28/h3-4,10,14-15H,2,5-9,11-12H2,1H3. The molecule has 2 unspecified atom stereocenters. The molecule has 2 saturated heterocycles. The summed E-state index contributed by atoms with van der Waals surface area (Å²) in [5, 5.41) is 3.78. The first-order chi connectivity index (χ1) is 15.8. The molecule has 2 atom stereocenters. The Bertz CT molecular complexity index is 981. The monoisotopic (exact) mass is 488 g/mol. The zero-order chi connectivity index (χ0) is 23.6. The van der Waals surface area contributed by atoms with Gasteiger partial charge in [-0.15, -0.1) is 0 Å². The number of urea groups is 1. The normalized spacial score (nSPS) is 21.8. The summed E-state index contributed by atoms with van der Waals surface area (Å²) >= 11 is 1.78. The van der Waals surface area contributed by atoms with Crippen molar-refractivity contribution >= 4 is 17.8 Å². The lowest BCUT2D eigenvalue weighted by Crippen LogP contribution is -2.51. The van der Waals surface area contributed by atoms with Crippen LogP contribution in [0.15, 0.2) is 22.7 Å². The molecule has 33 heavy (non-hydrogen) atoms. The van der Waals surface area contributed by atoms with E-state index >= 15 is 0 Å². The number of ether oxygens (including phenoxy) is 1. The molecule has 0 aliphatic carbocycles. The van der Waals surface area contributed by atoms with Gasteiger partial charge in [-0.2, -0.15) is 29.9 Å². The molecule has 3 heterocycles. The van der Waals surface area contributed by atoms with Crippen molar-refractivity contribution < 1.29 is 31.6 Å². The number of likely N-dealkylation sites (tertiary alicyclic amines) is 1. The molecule has 0 saturated carbocycles. The van der Waals surface area contributed by atoms with Crippen molar-refractivity contribution in [2.24, 2.45) is 0 Å². The van der Waals surface area contributed by atoms with E-state index in [0.29, 0.717) is 38.2 Å². The van der Waals surface area contributed by atoms with Crippen molar-refractivity contribution in [3.05, 3.63) is 41.0 Å². The Hall–Kier alpha value is -2.50. The average Bonchev–Trinajstić information content (AvgIpc) is 3.27. The predicted molar refractivity (Wildman–Crippen MR) is 113 cm³/mol. The van der Waals surface area contributed by atoms with E-state index in [-0.39, 0.29) is 30.4 Å². The Morgan fingerprint density at radius 1 is 1.21 bits per heavy atom. The first-order valence-electron chi connectivity index (χ1n) is 10.7. The van der Waals surface area contributed by atoms with Gasteiger partial charge in [0.25, 0.3) is 0 Å². The summed E-state index contributed by atoms with van der Waals surface area (Å²) in [7, 11) is 0. The number of thioether (sulfide) groups is 1. The molecular weight excluding hydrogens is 464 g/mol. The Kier molecular flexibility index (Phi) is 7.01. The highest BCUT2D eigenvalue weighted by Gasteiger charge is 2.38. The molecule has 2 aromatic rings. The molecule has 4 rings (SSSR count). The number of carbonyl (C=O) groups excluding carboxylic acids is 1. The maximum absolute atomic E-state index is 14.3. The van der Waals surface area contributed by atoms with Crippen LogP contribution in [0.4, 0.5) is 22.4 Å². The third-order valence-electron chi connectivity index (χ3n) is 5.82. The molecule has 1 aromatic heterocycles. The van der Waals surface area contributed by atoms with Crippen LogP contribution >= 0.6 is 11.8 Å². The van der Waals surface area contributed by atoms with Crippen LogP contribution < -0.4 is 4.74 Å². The molecule has 2 aliphatic heterocycles. The van der Waals surface area contributed by atoms with Crippen molar-refractivity contribution in [2.45, 2.75) is 31.4 Å². The molecule has 0 N–H and O–H groups in total. The van der Waals surface area contributed by atoms with Gasteiger partial charge in [0.05, 0.1) is 18.1 Å². The number of alkyl halides is 3. The number of benzene rings is 1. The summed E-state index contributed by atoms with van der Waals surface area (Å²) in [4.78, 5) is 20.9. The summed E-state index contributed by atoms with van der Waals surface area (Å²) in [5.41, 5.74) is -0.919. The van der Waals surface area contributed by atoms with Gasteiger partial charge in [0.1, 0.15) is 5.82 Å². The minimum absolute atomic E-state index is 0.0844. The van der Waals surface area contributed by atoms with Gasteiger partial charge in [0.15, 0.2) is 0 Å². The molecule has 0 bridgehead atoms. The number of aromatic nitrogens is 2. The van der Waals surface area contributed by atoms with Crippen LogP contribution in [-0.4, -0.2) is 70.3 Å². The highest BCUT2D eigenvalue weighted by Crippen LogP contribution is 2.38. The smallest absolute Gasteiger partial charge is 0.419 e. The number of nitrogens with zero attached hydrogens (tertiary/aromatic N) is 4. The zero-order valence-electron chi connectivity index (χ0n) is 18.0. The first-order valence-corrected chi connectivity index (χ1v) is 11.9. The lowest BCUT2D eigenvalue weighted by atomic mass is 9.84. The highest BCUT2D eigenvalue weighted by atomic mass is 32.2. The third kappa shape index (κ3) is 5.36. The van der Waals surface area contributed by atoms with E-state index in [0.717, 1.165) is 23.6 Å². The number of amides is 2. The van der Waals surface area contributed by atoms with E-state index in [9.17, 15) is 22.4 Å². The van der Waals surface area contributed by atoms with E-state index in [1.54, 1.807) is 28.5 Å².